The molecular weight excluding hydrogens is 231 g/mol. The highest BCUT2D eigenvalue weighted by Crippen LogP contribution is 2.15. The van der Waals surface area contributed by atoms with Crippen LogP contribution in [-0.2, 0) is 6.54 Å². The molecule has 0 saturated carbocycles. The fourth-order valence-electron chi connectivity index (χ4n) is 1.76. The van der Waals surface area contributed by atoms with E-state index in [1.165, 1.54) is 6.20 Å². The van der Waals surface area contributed by atoms with Crippen molar-refractivity contribution in [2.45, 2.75) is 20.4 Å². The highest BCUT2D eigenvalue weighted by atomic mass is 19.1. The lowest BCUT2D eigenvalue weighted by Gasteiger charge is -2.08. The maximum absolute atomic E-state index is 13.5. The Morgan fingerprint density at radius 3 is 2.39 bits per heavy atom. The first kappa shape index (κ1) is 12.3. The van der Waals surface area contributed by atoms with Crippen LogP contribution in [0, 0.1) is 19.7 Å². The van der Waals surface area contributed by atoms with Crippen LogP contribution in [-0.4, -0.2) is 9.97 Å². The average molecular weight is 246 g/mol. The van der Waals surface area contributed by atoms with Gasteiger partial charge in [-0.1, -0.05) is 12.1 Å². The van der Waals surface area contributed by atoms with Crippen molar-refractivity contribution in [1.82, 2.24) is 9.97 Å². The maximum atomic E-state index is 13.5. The number of nitrogens with zero attached hydrogens (tertiary/aromatic N) is 2. The number of aryl methyl sites for hydroxylation is 2. The van der Waals surface area contributed by atoms with E-state index in [0.29, 0.717) is 29.3 Å². The summed E-state index contributed by atoms with van der Waals surface area (Å²) in [5.41, 5.74) is 7.75. The molecule has 0 fully saturated rings. The van der Waals surface area contributed by atoms with Gasteiger partial charge in [0.1, 0.15) is 17.5 Å². The van der Waals surface area contributed by atoms with Crippen molar-refractivity contribution >= 4 is 11.6 Å². The molecular formula is C13H15FN4. The fraction of sp³-hybridized carbons (Fsp3) is 0.231. The van der Waals surface area contributed by atoms with Crippen molar-refractivity contribution in [3.8, 4) is 0 Å². The van der Waals surface area contributed by atoms with E-state index < -0.39 is 0 Å². The summed E-state index contributed by atoms with van der Waals surface area (Å²) in [5, 5.41) is 3.11. The van der Waals surface area contributed by atoms with E-state index >= 15 is 0 Å². The van der Waals surface area contributed by atoms with E-state index in [2.05, 4.69) is 15.3 Å². The molecule has 0 bridgehead atoms. The Kier molecular flexibility index (Phi) is 3.41. The van der Waals surface area contributed by atoms with E-state index in [0.717, 1.165) is 5.56 Å². The monoisotopic (exact) mass is 246 g/mol. The molecule has 0 radical (unpaired) electrons. The second-order valence-electron chi connectivity index (χ2n) is 4.22. The summed E-state index contributed by atoms with van der Waals surface area (Å²) in [4.78, 5) is 8.02. The summed E-state index contributed by atoms with van der Waals surface area (Å²) >= 11 is 0. The first-order valence-corrected chi connectivity index (χ1v) is 5.63. The van der Waals surface area contributed by atoms with Gasteiger partial charge < -0.3 is 11.1 Å². The Labute approximate surface area is 105 Å². The van der Waals surface area contributed by atoms with Gasteiger partial charge in [0.05, 0.1) is 12.4 Å². The predicted molar refractivity (Wildman–Crippen MR) is 69.6 cm³/mol. The lowest BCUT2D eigenvalue weighted by atomic mass is 10.1. The predicted octanol–water partition coefficient (Wildman–Crippen LogP) is 2.43. The van der Waals surface area contributed by atoms with Gasteiger partial charge in [-0.15, -0.1) is 0 Å². The van der Waals surface area contributed by atoms with Crippen molar-refractivity contribution in [2.24, 2.45) is 0 Å². The molecule has 0 amide bonds. The smallest absolute Gasteiger partial charge is 0.144 e. The molecule has 0 aliphatic heterocycles. The third-order valence-corrected chi connectivity index (χ3v) is 2.64. The molecule has 18 heavy (non-hydrogen) atoms. The van der Waals surface area contributed by atoms with Gasteiger partial charge >= 0.3 is 0 Å². The van der Waals surface area contributed by atoms with Crippen LogP contribution in [0.5, 0.6) is 0 Å². The first-order chi connectivity index (χ1) is 8.56. The van der Waals surface area contributed by atoms with E-state index in [1.807, 2.05) is 12.1 Å². The van der Waals surface area contributed by atoms with Crippen molar-refractivity contribution in [3.63, 3.8) is 0 Å². The van der Waals surface area contributed by atoms with Crippen LogP contribution in [0.3, 0.4) is 0 Å². The van der Waals surface area contributed by atoms with Gasteiger partial charge in [-0.2, -0.15) is 0 Å². The number of halogens is 1. The fourth-order valence-corrected chi connectivity index (χ4v) is 1.76. The third-order valence-electron chi connectivity index (χ3n) is 2.64. The van der Waals surface area contributed by atoms with Gasteiger partial charge in [0.15, 0.2) is 0 Å². The SMILES string of the molecule is Cc1cc(CNc2cnc(N)cn2)cc(C)c1F. The van der Waals surface area contributed by atoms with E-state index in [1.54, 1.807) is 20.0 Å². The number of benzene rings is 1. The van der Waals surface area contributed by atoms with Gasteiger partial charge in [0, 0.05) is 6.54 Å². The molecule has 5 heteroatoms. The molecule has 0 atom stereocenters. The number of nitrogens with one attached hydrogen (secondary N) is 1. The molecule has 0 aliphatic rings. The molecule has 2 rings (SSSR count). The zero-order valence-electron chi connectivity index (χ0n) is 10.4. The summed E-state index contributed by atoms with van der Waals surface area (Å²) in [7, 11) is 0. The van der Waals surface area contributed by atoms with E-state index in [4.69, 9.17) is 5.73 Å². The molecule has 0 saturated heterocycles. The number of hydrogen-bond acceptors (Lipinski definition) is 4. The molecule has 1 aromatic heterocycles. The molecule has 0 aliphatic carbocycles. The zero-order chi connectivity index (χ0) is 13.1. The number of aromatic nitrogens is 2. The van der Waals surface area contributed by atoms with Crippen LogP contribution in [0.1, 0.15) is 16.7 Å². The summed E-state index contributed by atoms with van der Waals surface area (Å²) in [6.07, 6.45) is 3.06. The van der Waals surface area contributed by atoms with Gasteiger partial charge in [-0.25, -0.2) is 14.4 Å². The molecule has 2 aromatic rings. The van der Waals surface area contributed by atoms with Crippen LogP contribution in [0.4, 0.5) is 16.0 Å². The largest absolute Gasteiger partial charge is 0.382 e. The highest BCUT2D eigenvalue weighted by molar-refractivity contribution is 5.38. The van der Waals surface area contributed by atoms with Crippen LogP contribution >= 0.6 is 0 Å². The summed E-state index contributed by atoms with van der Waals surface area (Å²) in [5.74, 6) is 0.879. The number of nitrogen functional groups attached to an aromatic ring is 1. The average Bonchev–Trinajstić information content (AvgIpc) is 2.35. The summed E-state index contributed by atoms with van der Waals surface area (Å²) in [6.45, 7) is 4.09. The minimum atomic E-state index is -0.147. The van der Waals surface area contributed by atoms with Gasteiger partial charge in [0.2, 0.25) is 0 Å². The summed E-state index contributed by atoms with van der Waals surface area (Å²) < 4.78 is 13.5. The van der Waals surface area contributed by atoms with Crippen molar-refractivity contribution < 1.29 is 4.39 Å². The van der Waals surface area contributed by atoms with E-state index in [9.17, 15) is 4.39 Å². The maximum Gasteiger partial charge on any atom is 0.144 e. The van der Waals surface area contributed by atoms with Crippen molar-refractivity contribution in [2.75, 3.05) is 11.1 Å². The molecule has 0 spiro atoms. The van der Waals surface area contributed by atoms with Gasteiger partial charge in [0.25, 0.3) is 0 Å². The van der Waals surface area contributed by atoms with Crippen molar-refractivity contribution in [1.29, 1.82) is 0 Å². The minimum absolute atomic E-state index is 0.147. The second-order valence-corrected chi connectivity index (χ2v) is 4.22. The van der Waals surface area contributed by atoms with Crippen LogP contribution < -0.4 is 11.1 Å². The number of hydrogen-bond donors (Lipinski definition) is 2. The standard InChI is InChI=1S/C13H15FN4/c1-8-3-10(4-9(2)13(8)14)5-17-12-7-16-11(15)6-18-12/h3-4,6-7H,5H2,1-2H3,(H2,15,16)(H,17,18). The molecule has 0 unspecified atom stereocenters. The molecule has 3 N–H and O–H groups in total. The van der Waals surface area contributed by atoms with Crippen LogP contribution in [0.15, 0.2) is 24.5 Å². The van der Waals surface area contributed by atoms with Gasteiger partial charge in [-0.05, 0) is 30.5 Å². The normalized spacial score (nSPS) is 10.4. The Balaban J connectivity index is 2.08. The molecule has 1 aromatic carbocycles. The van der Waals surface area contributed by atoms with Crippen LogP contribution in [0.2, 0.25) is 0 Å². The Morgan fingerprint density at radius 2 is 1.83 bits per heavy atom. The molecule has 94 valence electrons. The summed E-state index contributed by atoms with van der Waals surface area (Å²) in [6, 6.07) is 3.64. The van der Waals surface area contributed by atoms with Crippen LogP contribution in [0.25, 0.3) is 0 Å². The second kappa shape index (κ2) is 5.00. The quantitative estimate of drug-likeness (QED) is 0.873. The molecule has 4 nitrogen and oxygen atoms in total. The van der Waals surface area contributed by atoms with E-state index in [-0.39, 0.29) is 5.82 Å². The zero-order valence-corrected chi connectivity index (χ0v) is 10.4. The molecule has 1 heterocycles. The first-order valence-electron chi connectivity index (χ1n) is 5.63. The lowest BCUT2D eigenvalue weighted by Crippen LogP contribution is -2.04. The Hall–Kier alpha value is -2.17. The number of anilines is 2. The topological polar surface area (TPSA) is 63.8 Å². The Bertz CT molecular complexity index is 528. The number of nitrogens with two attached hydrogens (primary N) is 1. The lowest BCUT2D eigenvalue weighted by molar-refractivity contribution is 0.608. The number of rotatable bonds is 3. The van der Waals surface area contributed by atoms with Gasteiger partial charge in [-0.3, -0.25) is 0 Å². The van der Waals surface area contributed by atoms with Crippen molar-refractivity contribution in [3.05, 3.63) is 47.0 Å². The third kappa shape index (κ3) is 2.74. The minimum Gasteiger partial charge on any atom is -0.382 e. The Morgan fingerprint density at radius 1 is 1.17 bits per heavy atom. The highest BCUT2D eigenvalue weighted by Gasteiger charge is 2.04.